The molecular weight excluding hydrogens is 340 g/mol. The lowest BCUT2D eigenvalue weighted by atomic mass is 10.0. The van der Waals surface area contributed by atoms with Crippen LogP contribution < -0.4 is 5.56 Å². The quantitative estimate of drug-likeness (QED) is 0.673. The Morgan fingerprint density at radius 2 is 2.11 bits per heavy atom. The Morgan fingerprint density at radius 1 is 1.30 bits per heavy atom. The van der Waals surface area contributed by atoms with Gasteiger partial charge < -0.3 is 9.47 Å². The highest BCUT2D eigenvalue weighted by Gasteiger charge is 2.23. The first-order chi connectivity index (χ1) is 13.0. The SMILES string of the molecule is CCCCC(c1cccnc1)N(C)C(=O)c1ccc2c(=O)n(C)cnc2c1. The van der Waals surface area contributed by atoms with Gasteiger partial charge in [0.2, 0.25) is 0 Å². The summed E-state index contributed by atoms with van der Waals surface area (Å²) in [7, 11) is 3.48. The summed E-state index contributed by atoms with van der Waals surface area (Å²) >= 11 is 0. The van der Waals surface area contributed by atoms with Gasteiger partial charge in [0.05, 0.1) is 23.3 Å². The van der Waals surface area contributed by atoms with E-state index in [9.17, 15) is 9.59 Å². The van der Waals surface area contributed by atoms with Gasteiger partial charge in [-0.1, -0.05) is 25.8 Å². The van der Waals surface area contributed by atoms with Gasteiger partial charge in [-0.3, -0.25) is 14.6 Å². The Morgan fingerprint density at radius 3 is 2.81 bits per heavy atom. The molecule has 1 aromatic carbocycles. The molecular formula is C21H24N4O2. The second-order valence-electron chi connectivity index (χ2n) is 6.75. The van der Waals surface area contributed by atoms with E-state index in [0.717, 1.165) is 24.8 Å². The van der Waals surface area contributed by atoms with Crippen LogP contribution >= 0.6 is 0 Å². The lowest BCUT2D eigenvalue weighted by Gasteiger charge is -2.28. The Balaban J connectivity index is 1.93. The summed E-state index contributed by atoms with van der Waals surface area (Å²) in [5.41, 5.74) is 1.96. The van der Waals surface area contributed by atoms with Crippen LogP contribution in [0.5, 0.6) is 0 Å². The van der Waals surface area contributed by atoms with Gasteiger partial charge in [0.1, 0.15) is 0 Å². The van der Waals surface area contributed by atoms with Crippen molar-refractivity contribution in [3.8, 4) is 0 Å². The molecule has 0 fully saturated rings. The fourth-order valence-electron chi connectivity index (χ4n) is 3.24. The predicted octanol–water partition coefficient (Wildman–Crippen LogP) is 3.33. The van der Waals surface area contributed by atoms with Gasteiger partial charge in [0.25, 0.3) is 11.5 Å². The van der Waals surface area contributed by atoms with Gasteiger partial charge in [-0.2, -0.15) is 0 Å². The van der Waals surface area contributed by atoms with Gasteiger partial charge >= 0.3 is 0 Å². The van der Waals surface area contributed by atoms with Crippen LogP contribution in [-0.2, 0) is 7.05 Å². The zero-order chi connectivity index (χ0) is 19.4. The van der Waals surface area contributed by atoms with Crippen molar-refractivity contribution in [2.75, 3.05) is 7.05 Å². The summed E-state index contributed by atoms with van der Waals surface area (Å²) in [6, 6.07) is 8.92. The molecule has 0 aliphatic carbocycles. The molecule has 0 saturated heterocycles. The number of pyridine rings is 1. The third-order valence-corrected chi connectivity index (χ3v) is 4.85. The lowest BCUT2D eigenvalue weighted by Crippen LogP contribution is -2.31. The van der Waals surface area contributed by atoms with Crippen LogP contribution in [0.15, 0.2) is 53.8 Å². The number of nitrogens with zero attached hydrogens (tertiary/aromatic N) is 4. The van der Waals surface area contributed by atoms with Crippen LogP contribution in [0.2, 0.25) is 0 Å². The molecule has 6 nitrogen and oxygen atoms in total. The molecule has 3 rings (SSSR count). The number of aryl methyl sites for hydroxylation is 1. The van der Waals surface area contributed by atoms with Crippen LogP contribution in [0.3, 0.4) is 0 Å². The van der Waals surface area contributed by atoms with E-state index in [1.165, 1.54) is 10.9 Å². The minimum atomic E-state index is -0.122. The summed E-state index contributed by atoms with van der Waals surface area (Å²) < 4.78 is 1.43. The number of benzene rings is 1. The summed E-state index contributed by atoms with van der Waals surface area (Å²) in [6.45, 7) is 2.14. The Kier molecular flexibility index (Phi) is 5.64. The van der Waals surface area contributed by atoms with E-state index in [-0.39, 0.29) is 17.5 Å². The number of unbranched alkanes of at least 4 members (excludes halogenated alkanes) is 1. The Bertz CT molecular complexity index is 998. The number of carbonyl (C=O) groups is 1. The molecule has 140 valence electrons. The average molecular weight is 364 g/mol. The zero-order valence-electron chi connectivity index (χ0n) is 15.9. The zero-order valence-corrected chi connectivity index (χ0v) is 15.9. The van der Waals surface area contributed by atoms with Crippen molar-refractivity contribution in [1.29, 1.82) is 0 Å². The highest BCUT2D eigenvalue weighted by atomic mass is 16.2. The number of hydrogen-bond donors (Lipinski definition) is 0. The molecule has 27 heavy (non-hydrogen) atoms. The second-order valence-corrected chi connectivity index (χ2v) is 6.75. The Hall–Kier alpha value is -3.02. The highest BCUT2D eigenvalue weighted by molar-refractivity contribution is 5.97. The maximum Gasteiger partial charge on any atom is 0.260 e. The first-order valence-electron chi connectivity index (χ1n) is 9.15. The molecule has 0 aliphatic heterocycles. The van der Waals surface area contributed by atoms with Crippen LogP contribution in [0.25, 0.3) is 10.9 Å². The highest BCUT2D eigenvalue weighted by Crippen LogP contribution is 2.26. The molecule has 1 amide bonds. The summed E-state index contributed by atoms with van der Waals surface area (Å²) in [6.07, 6.45) is 7.97. The number of carbonyl (C=O) groups excluding carboxylic acids is 1. The molecule has 2 heterocycles. The molecule has 1 unspecified atom stereocenters. The lowest BCUT2D eigenvalue weighted by molar-refractivity contribution is 0.0720. The molecule has 0 saturated carbocycles. The molecule has 3 aromatic rings. The van der Waals surface area contributed by atoms with Crippen LogP contribution in [0.4, 0.5) is 0 Å². The maximum absolute atomic E-state index is 13.1. The van der Waals surface area contributed by atoms with Crippen molar-refractivity contribution in [3.05, 3.63) is 70.5 Å². The third kappa shape index (κ3) is 3.89. The minimum Gasteiger partial charge on any atom is -0.335 e. The number of fused-ring (bicyclic) bond motifs is 1. The molecule has 1 atom stereocenters. The average Bonchev–Trinajstić information content (AvgIpc) is 2.71. The first-order valence-corrected chi connectivity index (χ1v) is 9.15. The van der Waals surface area contributed by atoms with E-state index >= 15 is 0 Å². The van der Waals surface area contributed by atoms with Gasteiger partial charge in [-0.15, -0.1) is 0 Å². The molecule has 0 spiro atoms. The molecule has 0 radical (unpaired) electrons. The van der Waals surface area contributed by atoms with Gasteiger partial charge in [-0.05, 0) is 36.2 Å². The number of hydrogen-bond acceptors (Lipinski definition) is 4. The standard InChI is InChI=1S/C21H24N4O2/c1-4-5-8-19(16-7-6-11-22-13-16)25(3)20(26)15-9-10-17-18(12-15)23-14-24(2)21(17)27/h6-7,9-14,19H,4-5,8H2,1-3H3. The van der Waals surface area contributed by atoms with Crippen molar-refractivity contribution < 1.29 is 4.79 Å². The molecule has 0 aliphatic rings. The van der Waals surface area contributed by atoms with Crippen molar-refractivity contribution in [2.45, 2.75) is 32.2 Å². The monoisotopic (exact) mass is 364 g/mol. The molecule has 2 aromatic heterocycles. The number of aromatic nitrogens is 3. The van der Waals surface area contributed by atoms with E-state index in [4.69, 9.17) is 0 Å². The number of rotatable bonds is 6. The largest absolute Gasteiger partial charge is 0.335 e. The molecule has 0 N–H and O–H groups in total. The van der Waals surface area contributed by atoms with Crippen LogP contribution in [0.1, 0.15) is 48.1 Å². The van der Waals surface area contributed by atoms with Crippen molar-refractivity contribution in [2.24, 2.45) is 7.05 Å². The molecule has 0 bridgehead atoms. The van der Waals surface area contributed by atoms with Crippen LogP contribution in [-0.4, -0.2) is 32.4 Å². The van der Waals surface area contributed by atoms with Gasteiger partial charge in [-0.25, -0.2) is 4.98 Å². The summed E-state index contributed by atoms with van der Waals surface area (Å²) in [5.74, 6) is -0.0932. The van der Waals surface area contributed by atoms with Gasteiger partial charge in [0.15, 0.2) is 0 Å². The second kappa shape index (κ2) is 8.12. The van der Waals surface area contributed by atoms with Crippen molar-refractivity contribution in [3.63, 3.8) is 0 Å². The third-order valence-electron chi connectivity index (χ3n) is 4.85. The van der Waals surface area contributed by atoms with E-state index in [1.54, 1.807) is 36.3 Å². The van der Waals surface area contributed by atoms with E-state index in [2.05, 4.69) is 16.9 Å². The van der Waals surface area contributed by atoms with E-state index < -0.39 is 0 Å². The smallest absolute Gasteiger partial charge is 0.260 e. The summed E-state index contributed by atoms with van der Waals surface area (Å²) in [4.78, 5) is 35.5. The van der Waals surface area contributed by atoms with Gasteiger partial charge in [0, 0.05) is 32.1 Å². The fourth-order valence-corrected chi connectivity index (χ4v) is 3.24. The molecule has 6 heteroatoms. The maximum atomic E-state index is 13.1. The normalized spacial score (nSPS) is 12.1. The van der Waals surface area contributed by atoms with Crippen molar-refractivity contribution in [1.82, 2.24) is 19.4 Å². The Labute approximate surface area is 158 Å². The topological polar surface area (TPSA) is 68.1 Å². The minimum absolute atomic E-state index is 0.0431. The summed E-state index contributed by atoms with van der Waals surface area (Å²) in [5, 5.41) is 0.508. The predicted molar refractivity (Wildman–Crippen MR) is 106 cm³/mol. The van der Waals surface area contributed by atoms with E-state index in [0.29, 0.717) is 16.5 Å². The van der Waals surface area contributed by atoms with Crippen molar-refractivity contribution >= 4 is 16.8 Å². The van der Waals surface area contributed by atoms with Crippen LogP contribution in [0, 0.1) is 0 Å². The fraction of sp³-hybridized carbons (Fsp3) is 0.333. The first kappa shape index (κ1) is 18.8. The van der Waals surface area contributed by atoms with E-state index in [1.807, 2.05) is 25.4 Å². The number of amides is 1.